The third-order valence-corrected chi connectivity index (χ3v) is 3.45. The first-order chi connectivity index (χ1) is 7.04. The molecule has 84 valence electrons. The van der Waals surface area contributed by atoms with Crippen molar-refractivity contribution in [2.45, 2.75) is 51.3 Å². The number of hydrogen-bond acceptors (Lipinski definition) is 1. The maximum absolute atomic E-state index is 2.36. The van der Waals surface area contributed by atoms with Crippen LogP contribution in [-0.2, 0) is 0 Å². The lowest BCUT2D eigenvalue weighted by Crippen LogP contribution is -1.94. The van der Waals surface area contributed by atoms with E-state index in [0.717, 1.165) is 5.75 Å². The number of benzene rings is 1. The molecule has 0 bridgehead atoms. The number of rotatable bonds is 4. The van der Waals surface area contributed by atoms with Crippen LogP contribution in [0, 0.1) is 0 Å². The molecule has 0 radical (unpaired) electrons. The van der Waals surface area contributed by atoms with Gasteiger partial charge in [-0.1, -0.05) is 40.7 Å². The fourth-order valence-electron chi connectivity index (χ4n) is 1.56. The van der Waals surface area contributed by atoms with E-state index in [-0.39, 0.29) is 0 Å². The highest BCUT2D eigenvalue weighted by Crippen LogP contribution is 2.28. The average Bonchev–Trinajstić information content (AvgIpc) is 2.17. The molecule has 0 heterocycles. The van der Waals surface area contributed by atoms with Crippen LogP contribution in [0.3, 0.4) is 0 Å². The maximum atomic E-state index is 2.36. The van der Waals surface area contributed by atoms with Gasteiger partial charge in [-0.25, -0.2) is 0 Å². The van der Waals surface area contributed by atoms with Crippen LogP contribution in [0.25, 0.3) is 0 Å². The van der Waals surface area contributed by atoms with E-state index in [0.29, 0.717) is 11.8 Å². The van der Waals surface area contributed by atoms with Crippen LogP contribution in [0.2, 0.25) is 0 Å². The van der Waals surface area contributed by atoms with Gasteiger partial charge in [-0.3, -0.25) is 0 Å². The summed E-state index contributed by atoms with van der Waals surface area (Å²) in [5.74, 6) is 2.40. The van der Waals surface area contributed by atoms with Gasteiger partial charge in [0.2, 0.25) is 0 Å². The van der Waals surface area contributed by atoms with Gasteiger partial charge in [0.05, 0.1) is 0 Å². The molecule has 1 heteroatoms. The molecule has 0 aliphatic heterocycles. The molecule has 0 aromatic heterocycles. The average molecular weight is 222 g/mol. The molecule has 0 saturated carbocycles. The molecule has 1 aromatic carbocycles. The molecular weight excluding hydrogens is 200 g/mol. The maximum Gasteiger partial charge on any atom is 0.00775 e. The molecule has 0 N–H and O–H groups in total. The molecule has 0 atom stereocenters. The smallest absolute Gasteiger partial charge is 0.00775 e. The van der Waals surface area contributed by atoms with Gasteiger partial charge >= 0.3 is 0 Å². The summed E-state index contributed by atoms with van der Waals surface area (Å²) in [6, 6.07) is 7.03. The highest BCUT2D eigenvalue weighted by Gasteiger charge is 2.06. The Morgan fingerprint density at radius 2 is 1.40 bits per heavy atom. The molecule has 15 heavy (non-hydrogen) atoms. The topological polar surface area (TPSA) is 0 Å². The summed E-state index contributed by atoms with van der Waals surface area (Å²) >= 11 is 1.94. The van der Waals surface area contributed by atoms with Gasteiger partial charge in [0, 0.05) is 4.90 Å². The third-order valence-electron chi connectivity index (χ3n) is 2.60. The van der Waals surface area contributed by atoms with E-state index in [4.69, 9.17) is 0 Å². The Hall–Kier alpha value is -0.430. The lowest BCUT2D eigenvalue weighted by Gasteiger charge is -2.13. The van der Waals surface area contributed by atoms with Crippen molar-refractivity contribution in [2.24, 2.45) is 0 Å². The van der Waals surface area contributed by atoms with Crippen LogP contribution >= 0.6 is 11.8 Å². The normalized spacial score (nSPS) is 11.4. The monoisotopic (exact) mass is 222 g/mol. The van der Waals surface area contributed by atoms with Crippen molar-refractivity contribution < 1.29 is 0 Å². The van der Waals surface area contributed by atoms with E-state index < -0.39 is 0 Å². The van der Waals surface area contributed by atoms with E-state index in [1.807, 2.05) is 11.8 Å². The lowest BCUT2D eigenvalue weighted by molar-refractivity contribution is 0.826. The zero-order valence-corrected chi connectivity index (χ0v) is 11.3. The van der Waals surface area contributed by atoms with Crippen LogP contribution < -0.4 is 0 Å². The zero-order valence-electron chi connectivity index (χ0n) is 10.5. The highest BCUT2D eigenvalue weighted by atomic mass is 32.2. The van der Waals surface area contributed by atoms with Crippen LogP contribution in [-0.4, -0.2) is 5.75 Å². The number of hydrogen-bond donors (Lipinski definition) is 0. The minimum Gasteiger partial charge on any atom is -0.126 e. The van der Waals surface area contributed by atoms with Crippen molar-refractivity contribution in [1.29, 1.82) is 0 Å². The Kier molecular flexibility index (Phi) is 4.72. The minimum atomic E-state index is 0.625. The van der Waals surface area contributed by atoms with Crippen molar-refractivity contribution in [1.82, 2.24) is 0 Å². The SMILES string of the molecule is CCSc1cc(C(C)C)cc(C(C)C)c1. The van der Waals surface area contributed by atoms with Gasteiger partial charge in [-0.15, -0.1) is 11.8 Å². The fraction of sp³-hybridized carbons (Fsp3) is 0.571. The van der Waals surface area contributed by atoms with Gasteiger partial charge in [0.15, 0.2) is 0 Å². The Morgan fingerprint density at radius 3 is 1.73 bits per heavy atom. The molecule has 0 aliphatic rings. The van der Waals surface area contributed by atoms with E-state index in [1.54, 1.807) is 0 Å². The summed E-state index contributed by atoms with van der Waals surface area (Å²) < 4.78 is 0. The Balaban J connectivity index is 3.08. The Labute approximate surface area is 98.5 Å². The summed E-state index contributed by atoms with van der Waals surface area (Å²) in [5, 5.41) is 0. The fourth-order valence-corrected chi connectivity index (χ4v) is 2.33. The van der Waals surface area contributed by atoms with Crippen molar-refractivity contribution in [3.05, 3.63) is 29.3 Å². The molecular formula is C14H22S. The van der Waals surface area contributed by atoms with E-state index in [2.05, 4.69) is 52.8 Å². The summed E-state index contributed by atoms with van der Waals surface area (Å²) in [5.41, 5.74) is 2.94. The first-order valence-corrected chi connectivity index (χ1v) is 6.80. The van der Waals surface area contributed by atoms with Gasteiger partial charge in [-0.05, 0) is 40.8 Å². The first kappa shape index (κ1) is 12.6. The van der Waals surface area contributed by atoms with Gasteiger partial charge < -0.3 is 0 Å². The molecule has 0 spiro atoms. The predicted octanol–water partition coefficient (Wildman–Crippen LogP) is 5.05. The second-order valence-electron chi connectivity index (χ2n) is 4.58. The van der Waals surface area contributed by atoms with Crippen molar-refractivity contribution in [3.63, 3.8) is 0 Å². The van der Waals surface area contributed by atoms with Crippen LogP contribution in [0.1, 0.15) is 57.6 Å². The molecule has 0 aliphatic carbocycles. The standard InChI is InChI=1S/C14H22S/c1-6-15-14-8-12(10(2)3)7-13(9-14)11(4)5/h7-11H,6H2,1-5H3. The van der Waals surface area contributed by atoms with Crippen LogP contribution in [0.5, 0.6) is 0 Å². The molecule has 0 nitrogen and oxygen atoms in total. The number of thioether (sulfide) groups is 1. The van der Waals surface area contributed by atoms with Crippen molar-refractivity contribution in [2.75, 3.05) is 5.75 Å². The third kappa shape index (κ3) is 3.57. The summed E-state index contributed by atoms with van der Waals surface area (Å²) in [7, 11) is 0. The largest absolute Gasteiger partial charge is 0.126 e. The summed E-state index contributed by atoms with van der Waals surface area (Å²) in [6.45, 7) is 11.3. The van der Waals surface area contributed by atoms with E-state index in [9.17, 15) is 0 Å². The minimum absolute atomic E-state index is 0.625. The van der Waals surface area contributed by atoms with Crippen LogP contribution in [0.4, 0.5) is 0 Å². The lowest BCUT2D eigenvalue weighted by atomic mass is 9.96. The van der Waals surface area contributed by atoms with E-state index >= 15 is 0 Å². The first-order valence-electron chi connectivity index (χ1n) is 5.82. The predicted molar refractivity (Wildman–Crippen MR) is 71.0 cm³/mol. The second kappa shape index (κ2) is 5.60. The van der Waals surface area contributed by atoms with Gasteiger partial charge in [0.1, 0.15) is 0 Å². The van der Waals surface area contributed by atoms with E-state index in [1.165, 1.54) is 16.0 Å². The summed E-state index contributed by atoms with van der Waals surface area (Å²) in [4.78, 5) is 1.42. The van der Waals surface area contributed by atoms with Crippen molar-refractivity contribution >= 4 is 11.8 Å². The molecule has 1 aromatic rings. The second-order valence-corrected chi connectivity index (χ2v) is 5.92. The summed E-state index contributed by atoms with van der Waals surface area (Å²) in [6.07, 6.45) is 0. The zero-order chi connectivity index (χ0) is 11.4. The van der Waals surface area contributed by atoms with Crippen molar-refractivity contribution in [3.8, 4) is 0 Å². The quantitative estimate of drug-likeness (QED) is 0.643. The van der Waals surface area contributed by atoms with Crippen LogP contribution in [0.15, 0.2) is 23.1 Å². The molecule has 0 fully saturated rings. The highest BCUT2D eigenvalue weighted by molar-refractivity contribution is 7.99. The molecule has 0 amide bonds. The molecule has 0 unspecified atom stereocenters. The Bertz CT molecular complexity index is 287. The van der Waals surface area contributed by atoms with Gasteiger partial charge in [-0.2, -0.15) is 0 Å². The molecule has 0 saturated heterocycles. The molecule has 1 rings (SSSR count). The Morgan fingerprint density at radius 1 is 0.933 bits per heavy atom. The van der Waals surface area contributed by atoms with Gasteiger partial charge in [0.25, 0.3) is 0 Å².